The van der Waals surface area contributed by atoms with Crippen LogP contribution in [-0.2, 0) is 10.3 Å². The minimum atomic E-state index is -0.912. The Balaban J connectivity index is 1.75. The quantitative estimate of drug-likeness (QED) is 0.865. The summed E-state index contributed by atoms with van der Waals surface area (Å²) in [5, 5.41) is 0. The molecule has 0 saturated heterocycles. The number of nitrogens with zero attached hydrogens (tertiary/aromatic N) is 1. The second-order valence-corrected chi connectivity index (χ2v) is 6.67. The summed E-state index contributed by atoms with van der Waals surface area (Å²) in [6, 6.07) is 9.74. The molecule has 2 aliphatic carbocycles. The monoisotopic (exact) mass is 272 g/mol. The van der Waals surface area contributed by atoms with E-state index in [9.17, 15) is 4.79 Å². The van der Waals surface area contributed by atoms with E-state index in [0.29, 0.717) is 11.8 Å². The fraction of sp³-hybridized carbons (Fsp3) is 0.588. The van der Waals surface area contributed by atoms with E-state index >= 15 is 0 Å². The first-order valence-electron chi connectivity index (χ1n) is 7.71. The van der Waals surface area contributed by atoms with Gasteiger partial charge in [0.2, 0.25) is 5.91 Å². The molecule has 3 rings (SSSR count). The summed E-state index contributed by atoms with van der Waals surface area (Å²) in [6.07, 6.45) is 5.06. The van der Waals surface area contributed by atoms with Crippen molar-refractivity contribution in [2.24, 2.45) is 17.6 Å². The SMILES string of the molecule is CC(N)(C(=O)N(CC1CC1)CC1CC1)c1ccccc1. The number of carbonyl (C=O) groups is 1. The third kappa shape index (κ3) is 3.04. The molecule has 1 amide bonds. The predicted octanol–water partition coefficient (Wildman–Crippen LogP) is 2.51. The van der Waals surface area contributed by atoms with E-state index in [1.54, 1.807) is 0 Å². The molecule has 3 nitrogen and oxygen atoms in total. The summed E-state index contributed by atoms with van der Waals surface area (Å²) in [7, 11) is 0. The third-order valence-corrected chi connectivity index (χ3v) is 4.46. The van der Waals surface area contributed by atoms with Crippen LogP contribution in [0, 0.1) is 11.8 Å². The molecule has 0 radical (unpaired) electrons. The molecule has 0 heterocycles. The summed E-state index contributed by atoms with van der Waals surface area (Å²) in [6.45, 7) is 3.64. The molecular formula is C17H24N2O. The summed E-state index contributed by atoms with van der Waals surface area (Å²) in [5.41, 5.74) is 6.38. The van der Waals surface area contributed by atoms with Crippen LogP contribution < -0.4 is 5.73 Å². The zero-order chi connectivity index (χ0) is 14.2. The van der Waals surface area contributed by atoms with Crippen molar-refractivity contribution in [3.8, 4) is 0 Å². The zero-order valence-electron chi connectivity index (χ0n) is 12.2. The molecule has 1 aromatic carbocycles. The van der Waals surface area contributed by atoms with Crippen molar-refractivity contribution in [1.29, 1.82) is 0 Å². The van der Waals surface area contributed by atoms with Gasteiger partial charge in [-0.25, -0.2) is 0 Å². The van der Waals surface area contributed by atoms with Gasteiger partial charge in [-0.2, -0.15) is 0 Å². The number of rotatable bonds is 6. The van der Waals surface area contributed by atoms with Gasteiger partial charge < -0.3 is 10.6 Å². The van der Waals surface area contributed by atoms with Crippen LogP contribution in [0.3, 0.4) is 0 Å². The minimum absolute atomic E-state index is 0.0856. The van der Waals surface area contributed by atoms with E-state index in [0.717, 1.165) is 18.7 Å². The van der Waals surface area contributed by atoms with Gasteiger partial charge in [0, 0.05) is 13.1 Å². The van der Waals surface area contributed by atoms with Gasteiger partial charge in [-0.1, -0.05) is 30.3 Å². The molecule has 1 aromatic rings. The maximum atomic E-state index is 12.9. The topological polar surface area (TPSA) is 46.3 Å². The molecule has 1 unspecified atom stereocenters. The zero-order valence-corrected chi connectivity index (χ0v) is 12.2. The van der Waals surface area contributed by atoms with Crippen LogP contribution in [0.25, 0.3) is 0 Å². The van der Waals surface area contributed by atoms with Crippen LogP contribution in [0.15, 0.2) is 30.3 Å². The Bertz CT molecular complexity index is 461. The lowest BCUT2D eigenvalue weighted by Gasteiger charge is -2.32. The first-order chi connectivity index (χ1) is 9.57. The molecule has 108 valence electrons. The highest BCUT2D eigenvalue weighted by Crippen LogP contribution is 2.35. The Kier molecular flexibility index (Phi) is 3.55. The summed E-state index contributed by atoms with van der Waals surface area (Å²) in [4.78, 5) is 14.9. The molecule has 2 fully saturated rings. The number of amides is 1. The van der Waals surface area contributed by atoms with Gasteiger partial charge in [-0.15, -0.1) is 0 Å². The molecule has 2 saturated carbocycles. The Hall–Kier alpha value is -1.35. The van der Waals surface area contributed by atoms with Crippen molar-refractivity contribution >= 4 is 5.91 Å². The highest BCUT2D eigenvalue weighted by Gasteiger charge is 2.38. The van der Waals surface area contributed by atoms with E-state index in [1.165, 1.54) is 25.7 Å². The summed E-state index contributed by atoms with van der Waals surface area (Å²) >= 11 is 0. The van der Waals surface area contributed by atoms with E-state index in [-0.39, 0.29) is 5.91 Å². The first-order valence-corrected chi connectivity index (χ1v) is 7.71. The van der Waals surface area contributed by atoms with Gasteiger partial charge in [0.15, 0.2) is 0 Å². The fourth-order valence-electron chi connectivity index (χ4n) is 2.70. The van der Waals surface area contributed by atoms with Crippen LogP contribution >= 0.6 is 0 Å². The molecule has 20 heavy (non-hydrogen) atoms. The molecule has 0 spiro atoms. The van der Waals surface area contributed by atoms with E-state index < -0.39 is 5.54 Å². The van der Waals surface area contributed by atoms with Gasteiger partial charge in [-0.05, 0) is 50.0 Å². The molecule has 0 bridgehead atoms. The maximum absolute atomic E-state index is 12.9. The van der Waals surface area contributed by atoms with Crippen LogP contribution in [0.5, 0.6) is 0 Å². The van der Waals surface area contributed by atoms with Crippen molar-refractivity contribution in [1.82, 2.24) is 4.90 Å². The Morgan fingerprint density at radius 3 is 2.10 bits per heavy atom. The molecule has 3 heteroatoms. The smallest absolute Gasteiger partial charge is 0.246 e. The second-order valence-electron chi connectivity index (χ2n) is 6.67. The number of hydrogen-bond donors (Lipinski definition) is 1. The van der Waals surface area contributed by atoms with Gasteiger partial charge in [0.05, 0.1) is 0 Å². The lowest BCUT2D eigenvalue weighted by Crippen LogP contribution is -2.52. The lowest BCUT2D eigenvalue weighted by molar-refractivity contribution is -0.137. The van der Waals surface area contributed by atoms with Crippen LogP contribution in [0.1, 0.15) is 38.2 Å². The average Bonchev–Trinajstić information content (AvgIpc) is 3.33. The molecular weight excluding hydrogens is 248 g/mol. The van der Waals surface area contributed by atoms with Crippen molar-refractivity contribution in [3.63, 3.8) is 0 Å². The number of benzene rings is 1. The number of hydrogen-bond acceptors (Lipinski definition) is 2. The predicted molar refractivity (Wildman–Crippen MR) is 80.0 cm³/mol. The molecule has 2 aliphatic rings. The minimum Gasteiger partial charge on any atom is -0.340 e. The second kappa shape index (κ2) is 5.21. The van der Waals surface area contributed by atoms with Crippen LogP contribution in [0.2, 0.25) is 0 Å². The van der Waals surface area contributed by atoms with Gasteiger partial charge >= 0.3 is 0 Å². The molecule has 0 aromatic heterocycles. The fourth-order valence-corrected chi connectivity index (χ4v) is 2.70. The van der Waals surface area contributed by atoms with Crippen molar-refractivity contribution in [2.75, 3.05) is 13.1 Å². The molecule has 0 aliphatic heterocycles. The third-order valence-electron chi connectivity index (χ3n) is 4.46. The van der Waals surface area contributed by atoms with Crippen LogP contribution in [-0.4, -0.2) is 23.9 Å². The number of carbonyl (C=O) groups excluding carboxylic acids is 1. The first kappa shape index (κ1) is 13.6. The number of nitrogens with two attached hydrogens (primary N) is 1. The normalized spacial score (nSPS) is 21.3. The van der Waals surface area contributed by atoms with E-state index in [2.05, 4.69) is 0 Å². The van der Waals surface area contributed by atoms with E-state index in [4.69, 9.17) is 5.73 Å². The van der Waals surface area contributed by atoms with E-state index in [1.807, 2.05) is 42.2 Å². The van der Waals surface area contributed by atoms with Crippen molar-refractivity contribution < 1.29 is 4.79 Å². The summed E-state index contributed by atoms with van der Waals surface area (Å²) < 4.78 is 0. The van der Waals surface area contributed by atoms with Crippen molar-refractivity contribution in [3.05, 3.63) is 35.9 Å². The van der Waals surface area contributed by atoms with Crippen molar-refractivity contribution in [2.45, 2.75) is 38.1 Å². The average molecular weight is 272 g/mol. The summed E-state index contributed by atoms with van der Waals surface area (Å²) in [5.74, 6) is 1.51. The Morgan fingerprint density at radius 1 is 1.15 bits per heavy atom. The molecule has 1 atom stereocenters. The lowest BCUT2D eigenvalue weighted by atomic mass is 9.91. The maximum Gasteiger partial charge on any atom is 0.246 e. The Morgan fingerprint density at radius 2 is 1.65 bits per heavy atom. The van der Waals surface area contributed by atoms with Gasteiger partial charge in [0.1, 0.15) is 5.54 Å². The molecule has 2 N–H and O–H groups in total. The Labute approximate surface area is 121 Å². The highest BCUT2D eigenvalue weighted by atomic mass is 16.2. The highest BCUT2D eigenvalue weighted by molar-refractivity contribution is 5.87. The largest absolute Gasteiger partial charge is 0.340 e. The van der Waals surface area contributed by atoms with Gasteiger partial charge in [-0.3, -0.25) is 4.79 Å². The van der Waals surface area contributed by atoms with Gasteiger partial charge in [0.25, 0.3) is 0 Å². The van der Waals surface area contributed by atoms with Crippen LogP contribution in [0.4, 0.5) is 0 Å². The standard InChI is InChI=1S/C17H24N2O/c1-17(18,15-5-3-2-4-6-15)16(20)19(11-13-7-8-13)12-14-9-10-14/h2-6,13-14H,7-12,18H2,1H3.